The van der Waals surface area contributed by atoms with Crippen molar-refractivity contribution in [2.45, 2.75) is 31.6 Å². The molecule has 1 aromatic carbocycles. The van der Waals surface area contributed by atoms with Gasteiger partial charge in [0.1, 0.15) is 6.10 Å². The fourth-order valence-corrected chi connectivity index (χ4v) is 2.73. The first-order valence-electron chi connectivity index (χ1n) is 6.44. The van der Waals surface area contributed by atoms with Crippen molar-refractivity contribution >= 4 is 15.9 Å². The van der Waals surface area contributed by atoms with E-state index in [4.69, 9.17) is 0 Å². The second-order valence-corrected chi connectivity index (χ2v) is 5.54. The van der Waals surface area contributed by atoms with Gasteiger partial charge in [-0.3, -0.25) is 4.90 Å². The van der Waals surface area contributed by atoms with Gasteiger partial charge in [-0.05, 0) is 37.1 Å². The van der Waals surface area contributed by atoms with Crippen molar-refractivity contribution in [2.24, 2.45) is 0 Å². The summed E-state index contributed by atoms with van der Waals surface area (Å²) in [7, 11) is 0. The molecule has 0 spiro atoms. The Hall–Kier alpha value is -0.420. The first-order chi connectivity index (χ1) is 8.70. The summed E-state index contributed by atoms with van der Waals surface area (Å²) >= 11 is 3.18. The number of aliphatic hydroxyl groups excluding tert-OH is 2. The summed E-state index contributed by atoms with van der Waals surface area (Å²) in [6.45, 7) is 3.26. The van der Waals surface area contributed by atoms with Crippen LogP contribution in [0, 0.1) is 0 Å². The van der Waals surface area contributed by atoms with Crippen molar-refractivity contribution in [1.29, 1.82) is 0 Å². The Kier molecular flexibility index (Phi) is 5.18. The number of hydrogen-bond donors (Lipinski definition) is 2. The molecule has 2 unspecified atom stereocenters. The zero-order valence-electron chi connectivity index (χ0n) is 10.4. The van der Waals surface area contributed by atoms with Crippen LogP contribution in [-0.4, -0.2) is 39.6 Å². The summed E-state index contributed by atoms with van der Waals surface area (Å²) in [5.41, 5.74) is 1.99. The number of aliphatic hydroxyl groups is 2. The minimum atomic E-state index is -0.817. The average Bonchev–Trinajstić information content (AvgIpc) is 2.90. The van der Waals surface area contributed by atoms with Crippen molar-refractivity contribution < 1.29 is 10.2 Å². The van der Waals surface area contributed by atoms with Gasteiger partial charge in [0, 0.05) is 11.9 Å². The number of benzene rings is 1. The predicted octanol–water partition coefficient (Wildman–Crippen LogP) is 2.07. The molecule has 0 radical (unpaired) electrons. The van der Waals surface area contributed by atoms with Crippen LogP contribution in [0.5, 0.6) is 0 Å². The van der Waals surface area contributed by atoms with Gasteiger partial charge in [0.2, 0.25) is 0 Å². The zero-order chi connectivity index (χ0) is 13.0. The van der Waals surface area contributed by atoms with E-state index in [1.54, 1.807) is 0 Å². The standard InChI is InChI=1S/C14H20BrNO2/c15-9-13(17)14(18)12-5-3-4-11(8-12)10-16-6-1-2-7-16/h3-5,8,13-14,17-18H,1-2,6-7,9-10H2. The van der Waals surface area contributed by atoms with E-state index >= 15 is 0 Å². The molecule has 2 atom stereocenters. The molecule has 100 valence electrons. The monoisotopic (exact) mass is 313 g/mol. The smallest absolute Gasteiger partial charge is 0.106 e. The Balaban J connectivity index is 2.04. The van der Waals surface area contributed by atoms with E-state index in [0.717, 1.165) is 25.2 Å². The molecule has 2 N–H and O–H groups in total. The first-order valence-corrected chi connectivity index (χ1v) is 7.56. The van der Waals surface area contributed by atoms with Gasteiger partial charge in [0.25, 0.3) is 0 Å². The fraction of sp³-hybridized carbons (Fsp3) is 0.571. The topological polar surface area (TPSA) is 43.7 Å². The minimum absolute atomic E-state index is 0.379. The lowest BCUT2D eigenvalue weighted by molar-refractivity contribution is 0.0342. The maximum atomic E-state index is 9.98. The molecule has 1 aliphatic rings. The van der Waals surface area contributed by atoms with E-state index in [-0.39, 0.29) is 0 Å². The Morgan fingerprint density at radius 3 is 2.61 bits per heavy atom. The van der Waals surface area contributed by atoms with Crippen molar-refractivity contribution in [1.82, 2.24) is 4.90 Å². The second kappa shape index (κ2) is 6.66. The Bertz CT molecular complexity index is 380. The SMILES string of the molecule is OC(CBr)C(O)c1cccc(CN2CCCC2)c1. The number of hydrogen-bond acceptors (Lipinski definition) is 3. The van der Waals surface area contributed by atoms with E-state index in [9.17, 15) is 10.2 Å². The lowest BCUT2D eigenvalue weighted by Crippen LogP contribution is -2.21. The lowest BCUT2D eigenvalue weighted by atomic mass is 10.0. The van der Waals surface area contributed by atoms with E-state index < -0.39 is 12.2 Å². The van der Waals surface area contributed by atoms with Gasteiger partial charge in [0.05, 0.1) is 6.10 Å². The van der Waals surface area contributed by atoms with Crippen molar-refractivity contribution in [3.8, 4) is 0 Å². The molecular weight excluding hydrogens is 294 g/mol. The highest BCUT2D eigenvalue weighted by Crippen LogP contribution is 2.21. The van der Waals surface area contributed by atoms with E-state index in [2.05, 4.69) is 26.9 Å². The average molecular weight is 314 g/mol. The van der Waals surface area contributed by atoms with Gasteiger partial charge < -0.3 is 10.2 Å². The molecule has 0 saturated carbocycles. The van der Waals surface area contributed by atoms with Gasteiger partial charge in [-0.1, -0.05) is 40.2 Å². The zero-order valence-corrected chi connectivity index (χ0v) is 12.0. The first kappa shape index (κ1) is 14.0. The summed E-state index contributed by atoms with van der Waals surface area (Å²) < 4.78 is 0. The summed E-state index contributed by atoms with van der Waals surface area (Å²) in [6, 6.07) is 7.89. The number of rotatable bonds is 5. The third-order valence-electron chi connectivity index (χ3n) is 3.42. The molecule has 0 bridgehead atoms. The summed E-state index contributed by atoms with van der Waals surface area (Å²) in [4.78, 5) is 2.42. The van der Waals surface area contributed by atoms with Crippen LogP contribution < -0.4 is 0 Å². The largest absolute Gasteiger partial charge is 0.389 e. The highest BCUT2D eigenvalue weighted by atomic mass is 79.9. The molecule has 1 aliphatic heterocycles. The number of nitrogens with zero attached hydrogens (tertiary/aromatic N) is 1. The van der Waals surface area contributed by atoms with E-state index in [0.29, 0.717) is 5.33 Å². The van der Waals surface area contributed by atoms with Crippen molar-refractivity contribution in [3.63, 3.8) is 0 Å². The van der Waals surface area contributed by atoms with Gasteiger partial charge in [-0.2, -0.15) is 0 Å². The third-order valence-corrected chi connectivity index (χ3v) is 4.08. The Labute approximate surface area is 117 Å². The Morgan fingerprint density at radius 1 is 1.22 bits per heavy atom. The third kappa shape index (κ3) is 3.54. The summed E-state index contributed by atoms with van der Waals surface area (Å²) in [6.07, 6.45) is 0.991. The van der Waals surface area contributed by atoms with Gasteiger partial charge in [-0.15, -0.1) is 0 Å². The second-order valence-electron chi connectivity index (χ2n) is 4.89. The number of likely N-dealkylation sites (tertiary alicyclic amines) is 1. The fourth-order valence-electron chi connectivity index (χ4n) is 2.38. The lowest BCUT2D eigenvalue weighted by Gasteiger charge is -2.18. The van der Waals surface area contributed by atoms with E-state index in [1.165, 1.54) is 18.4 Å². The quantitative estimate of drug-likeness (QED) is 0.818. The van der Waals surface area contributed by atoms with Crippen LogP contribution in [0.1, 0.15) is 30.1 Å². The molecular formula is C14H20BrNO2. The maximum Gasteiger partial charge on any atom is 0.106 e. The van der Waals surface area contributed by atoms with Gasteiger partial charge in [0.15, 0.2) is 0 Å². The molecule has 1 fully saturated rings. The molecule has 1 saturated heterocycles. The minimum Gasteiger partial charge on any atom is -0.389 e. The molecule has 3 nitrogen and oxygen atoms in total. The maximum absolute atomic E-state index is 9.98. The van der Waals surface area contributed by atoms with Crippen LogP contribution in [0.3, 0.4) is 0 Å². The molecule has 1 aromatic rings. The predicted molar refractivity (Wildman–Crippen MR) is 75.7 cm³/mol. The van der Waals surface area contributed by atoms with E-state index in [1.807, 2.05) is 18.2 Å². The van der Waals surface area contributed by atoms with Crippen LogP contribution >= 0.6 is 15.9 Å². The molecule has 0 amide bonds. The van der Waals surface area contributed by atoms with Crippen LogP contribution in [0.15, 0.2) is 24.3 Å². The van der Waals surface area contributed by atoms with Crippen molar-refractivity contribution in [2.75, 3.05) is 18.4 Å². The molecule has 2 rings (SSSR count). The Morgan fingerprint density at radius 2 is 1.94 bits per heavy atom. The molecule has 1 heterocycles. The van der Waals surface area contributed by atoms with Crippen molar-refractivity contribution in [3.05, 3.63) is 35.4 Å². The summed E-state index contributed by atoms with van der Waals surface area (Å²) in [5, 5.41) is 20.0. The van der Waals surface area contributed by atoms with Gasteiger partial charge >= 0.3 is 0 Å². The number of halogens is 1. The highest BCUT2D eigenvalue weighted by molar-refractivity contribution is 9.09. The highest BCUT2D eigenvalue weighted by Gasteiger charge is 2.18. The van der Waals surface area contributed by atoms with Crippen LogP contribution in [-0.2, 0) is 6.54 Å². The van der Waals surface area contributed by atoms with Crippen LogP contribution in [0.4, 0.5) is 0 Å². The van der Waals surface area contributed by atoms with Crippen LogP contribution in [0.25, 0.3) is 0 Å². The number of alkyl halides is 1. The normalized spacial score (nSPS) is 19.9. The van der Waals surface area contributed by atoms with Crippen LogP contribution in [0.2, 0.25) is 0 Å². The molecule has 0 aliphatic carbocycles. The molecule has 18 heavy (non-hydrogen) atoms. The molecule has 4 heteroatoms. The van der Waals surface area contributed by atoms with Gasteiger partial charge in [-0.25, -0.2) is 0 Å². The molecule has 0 aromatic heterocycles. The summed E-state index contributed by atoms with van der Waals surface area (Å²) in [5.74, 6) is 0.